The van der Waals surface area contributed by atoms with Gasteiger partial charge >= 0.3 is 0 Å². The van der Waals surface area contributed by atoms with E-state index in [9.17, 15) is 4.79 Å². The Morgan fingerprint density at radius 3 is 2.54 bits per heavy atom. The largest absolute Gasteiger partial charge is 0.310 e. The van der Waals surface area contributed by atoms with E-state index in [0.29, 0.717) is 0 Å². The quantitative estimate of drug-likeness (QED) is 0.761. The van der Waals surface area contributed by atoms with Gasteiger partial charge in [-0.2, -0.15) is 0 Å². The maximum Gasteiger partial charge on any atom is 0.147 e. The van der Waals surface area contributed by atoms with Gasteiger partial charge in [-0.15, -0.1) is 0 Å². The number of hydrogen-bond acceptors (Lipinski definition) is 2. The molecule has 1 aromatic rings. The van der Waals surface area contributed by atoms with Crippen molar-refractivity contribution >= 4 is 5.78 Å². The normalized spacial score (nSPS) is 12.5. The van der Waals surface area contributed by atoms with E-state index in [1.54, 1.807) is 6.92 Å². The highest BCUT2D eigenvalue weighted by molar-refractivity contribution is 5.81. The van der Waals surface area contributed by atoms with Crippen molar-refractivity contribution in [2.75, 3.05) is 7.05 Å². The Bertz CT molecular complexity index is 274. The number of benzene rings is 1. The second-order valence-corrected chi connectivity index (χ2v) is 3.14. The van der Waals surface area contributed by atoms with Gasteiger partial charge in [0.1, 0.15) is 5.78 Å². The fraction of sp³-hybridized carbons (Fsp3) is 0.364. The van der Waals surface area contributed by atoms with Gasteiger partial charge in [0.2, 0.25) is 0 Å². The SMILES string of the molecule is CNC(Cc1ccccc1)C(C)=O.[HH]. The summed E-state index contributed by atoms with van der Waals surface area (Å²) in [4.78, 5) is 11.1. The Kier molecular flexibility index (Phi) is 3.65. The highest BCUT2D eigenvalue weighted by atomic mass is 16.1. The molecule has 0 radical (unpaired) electrons. The van der Waals surface area contributed by atoms with Gasteiger partial charge in [0.05, 0.1) is 6.04 Å². The number of nitrogens with one attached hydrogen (secondary N) is 1. The number of carbonyl (C=O) groups is 1. The van der Waals surface area contributed by atoms with Gasteiger partial charge < -0.3 is 5.32 Å². The third-order valence-corrected chi connectivity index (χ3v) is 2.12. The third kappa shape index (κ3) is 2.99. The van der Waals surface area contributed by atoms with E-state index in [1.807, 2.05) is 37.4 Å². The van der Waals surface area contributed by atoms with Crippen molar-refractivity contribution in [1.29, 1.82) is 0 Å². The average molecular weight is 179 g/mol. The van der Waals surface area contributed by atoms with Crippen LogP contribution in [0.1, 0.15) is 13.9 Å². The average Bonchev–Trinajstić information content (AvgIpc) is 2.15. The van der Waals surface area contributed by atoms with Crippen LogP contribution in [0.5, 0.6) is 0 Å². The minimum atomic E-state index is -0.0533. The van der Waals surface area contributed by atoms with E-state index in [1.165, 1.54) is 5.56 Å². The Morgan fingerprint density at radius 2 is 2.08 bits per heavy atom. The summed E-state index contributed by atoms with van der Waals surface area (Å²) in [6, 6.07) is 9.97. The van der Waals surface area contributed by atoms with Crippen molar-refractivity contribution in [3.8, 4) is 0 Å². The molecule has 0 aromatic heterocycles. The molecule has 0 bridgehead atoms. The second kappa shape index (κ2) is 4.77. The molecule has 2 heteroatoms. The first-order valence-electron chi connectivity index (χ1n) is 4.45. The standard InChI is InChI=1S/C11H15NO.H2/c1-9(13)11(12-2)8-10-6-4-3-5-7-10;/h3-7,11-12H,8H2,1-2H3;1H. The van der Waals surface area contributed by atoms with Gasteiger partial charge in [-0.1, -0.05) is 30.3 Å². The van der Waals surface area contributed by atoms with Gasteiger partial charge in [-0.3, -0.25) is 4.79 Å². The number of rotatable bonds is 4. The lowest BCUT2D eigenvalue weighted by molar-refractivity contribution is -0.118. The monoisotopic (exact) mass is 179 g/mol. The van der Waals surface area contributed by atoms with E-state index >= 15 is 0 Å². The molecule has 1 unspecified atom stereocenters. The van der Waals surface area contributed by atoms with Crippen molar-refractivity contribution in [2.45, 2.75) is 19.4 Å². The van der Waals surface area contributed by atoms with Crippen LogP contribution in [0.2, 0.25) is 0 Å². The highest BCUT2D eigenvalue weighted by Crippen LogP contribution is 2.03. The molecule has 0 heterocycles. The molecule has 0 aliphatic heterocycles. The summed E-state index contributed by atoms with van der Waals surface area (Å²) in [6.07, 6.45) is 0.771. The van der Waals surface area contributed by atoms with E-state index in [-0.39, 0.29) is 13.3 Å². The van der Waals surface area contributed by atoms with E-state index in [0.717, 1.165) is 6.42 Å². The Hall–Kier alpha value is -1.15. The predicted octanol–water partition coefficient (Wildman–Crippen LogP) is 1.65. The van der Waals surface area contributed by atoms with Crippen LogP contribution in [0.4, 0.5) is 0 Å². The zero-order valence-corrected chi connectivity index (χ0v) is 8.08. The van der Waals surface area contributed by atoms with Crippen LogP contribution >= 0.6 is 0 Å². The fourth-order valence-electron chi connectivity index (χ4n) is 1.30. The molecular formula is C11H17NO. The van der Waals surface area contributed by atoms with Crippen molar-refractivity contribution in [2.24, 2.45) is 0 Å². The lowest BCUT2D eigenvalue weighted by atomic mass is 10.0. The highest BCUT2D eigenvalue weighted by Gasteiger charge is 2.11. The first kappa shape index (κ1) is 9.93. The predicted molar refractivity (Wildman–Crippen MR) is 55.8 cm³/mol. The van der Waals surface area contributed by atoms with Crippen molar-refractivity contribution in [1.82, 2.24) is 5.32 Å². The summed E-state index contributed by atoms with van der Waals surface area (Å²) in [7, 11) is 1.81. The minimum absolute atomic E-state index is 0. The Morgan fingerprint density at radius 1 is 1.46 bits per heavy atom. The van der Waals surface area contributed by atoms with E-state index in [4.69, 9.17) is 0 Å². The lowest BCUT2D eigenvalue weighted by Crippen LogP contribution is -2.34. The van der Waals surface area contributed by atoms with E-state index in [2.05, 4.69) is 5.32 Å². The van der Waals surface area contributed by atoms with Crippen molar-refractivity contribution in [3.05, 3.63) is 35.9 Å². The number of carbonyl (C=O) groups excluding carboxylic acids is 1. The van der Waals surface area contributed by atoms with Crippen LogP contribution in [0.25, 0.3) is 0 Å². The molecule has 0 aliphatic carbocycles. The molecule has 1 atom stereocenters. The van der Waals surface area contributed by atoms with Gasteiger partial charge in [0.25, 0.3) is 0 Å². The molecule has 0 saturated carbocycles. The molecule has 72 valence electrons. The zero-order chi connectivity index (χ0) is 9.68. The lowest BCUT2D eigenvalue weighted by Gasteiger charge is -2.11. The molecule has 1 aromatic carbocycles. The maximum atomic E-state index is 11.1. The van der Waals surface area contributed by atoms with Crippen molar-refractivity contribution < 1.29 is 6.22 Å². The molecule has 1 N–H and O–H groups in total. The van der Waals surface area contributed by atoms with Crippen LogP contribution in [-0.4, -0.2) is 18.9 Å². The molecule has 0 aliphatic rings. The number of likely N-dealkylation sites (N-methyl/N-ethyl adjacent to an activating group) is 1. The third-order valence-electron chi connectivity index (χ3n) is 2.12. The van der Waals surface area contributed by atoms with Crippen molar-refractivity contribution in [3.63, 3.8) is 0 Å². The first-order valence-corrected chi connectivity index (χ1v) is 4.45. The van der Waals surface area contributed by atoms with Crippen LogP contribution in [0.15, 0.2) is 30.3 Å². The van der Waals surface area contributed by atoms with Crippen LogP contribution in [-0.2, 0) is 11.2 Å². The summed E-state index contributed by atoms with van der Waals surface area (Å²) in [5.41, 5.74) is 1.19. The van der Waals surface area contributed by atoms with Crippen LogP contribution in [0.3, 0.4) is 0 Å². The smallest absolute Gasteiger partial charge is 0.147 e. The summed E-state index contributed by atoms with van der Waals surface area (Å²) >= 11 is 0. The summed E-state index contributed by atoms with van der Waals surface area (Å²) in [5.74, 6) is 0.186. The first-order chi connectivity index (χ1) is 6.24. The second-order valence-electron chi connectivity index (χ2n) is 3.14. The van der Waals surface area contributed by atoms with Crippen LogP contribution < -0.4 is 5.32 Å². The number of hydrogen-bond donors (Lipinski definition) is 1. The van der Waals surface area contributed by atoms with Gasteiger partial charge in [0, 0.05) is 1.43 Å². The topological polar surface area (TPSA) is 29.1 Å². The molecule has 0 fully saturated rings. The molecule has 13 heavy (non-hydrogen) atoms. The summed E-state index contributed by atoms with van der Waals surface area (Å²) in [5, 5.41) is 3.00. The molecule has 2 nitrogen and oxygen atoms in total. The molecule has 0 saturated heterocycles. The molecule has 0 amide bonds. The zero-order valence-electron chi connectivity index (χ0n) is 8.08. The molecule has 1 rings (SSSR count). The number of ketones is 1. The summed E-state index contributed by atoms with van der Waals surface area (Å²) in [6.45, 7) is 1.62. The van der Waals surface area contributed by atoms with Gasteiger partial charge in [-0.25, -0.2) is 0 Å². The fourth-order valence-corrected chi connectivity index (χ4v) is 1.30. The maximum absolute atomic E-state index is 11.1. The minimum Gasteiger partial charge on any atom is -0.310 e. The molecular weight excluding hydrogens is 162 g/mol. The molecule has 0 spiro atoms. The van der Waals surface area contributed by atoms with Crippen LogP contribution in [0, 0.1) is 0 Å². The van der Waals surface area contributed by atoms with E-state index < -0.39 is 0 Å². The van der Waals surface area contributed by atoms with Gasteiger partial charge in [0.15, 0.2) is 0 Å². The van der Waals surface area contributed by atoms with Gasteiger partial charge in [-0.05, 0) is 26.0 Å². The summed E-state index contributed by atoms with van der Waals surface area (Å²) < 4.78 is 0. The number of Topliss-reactive ketones (excluding diaryl/α,β-unsaturated/α-hetero) is 1. The Labute approximate surface area is 80.5 Å². The Balaban J connectivity index is 0.00000169.